The number of nitrogens with one attached hydrogen (secondary N) is 1. The highest BCUT2D eigenvalue weighted by Crippen LogP contribution is 2.18. The number of benzene rings is 1. The first-order chi connectivity index (χ1) is 10.6. The maximum absolute atomic E-state index is 12.2. The van der Waals surface area contributed by atoms with Crippen molar-refractivity contribution >= 4 is 34.3 Å². The van der Waals surface area contributed by atoms with Crippen molar-refractivity contribution in [1.82, 2.24) is 9.97 Å². The van der Waals surface area contributed by atoms with Gasteiger partial charge in [-0.3, -0.25) is 4.79 Å². The number of pyridine rings is 1. The van der Waals surface area contributed by atoms with Crippen molar-refractivity contribution in [2.24, 2.45) is 0 Å². The number of hydrogen-bond donors (Lipinski definition) is 1. The zero-order valence-electron chi connectivity index (χ0n) is 11.4. The van der Waals surface area contributed by atoms with E-state index < -0.39 is 5.97 Å². The molecule has 3 rings (SSSR count). The summed E-state index contributed by atoms with van der Waals surface area (Å²) in [6, 6.07) is 10.4. The van der Waals surface area contributed by atoms with Crippen molar-refractivity contribution in [2.45, 2.75) is 0 Å². The molecule has 5 nitrogen and oxygen atoms in total. The van der Waals surface area contributed by atoms with Gasteiger partial charge in [0.15, 0.2) is 6.61 Å². The van der Waals surface area contributed by atoms with Gasteiger partial charge in [0, 0.05) is 28.9 Å². The van der Waals surface area contributed by atoms with Crippen molar-refractivity contribution in [3.8, 4) is 0 Å². The standard InChI is InChI=1S/C16H11ClN2O3/c17-15-6-5-10(7-19-15)16(21)22-9-14(20)12-8-18-13-4-2-1-3-11(12)13/h1-8,18H,9H2. The van der Waals surface area contributed by atoms with Crippen LogP contribution in [0.25, 0.3) is 10.9 Å². The molecule has 22 heavy (non-hydrogen) atoms. The molecule has 0 radical (unpaired) electrons. The Balaban J connectivity index is 1.70. The predicted molar refractivity (Wildman–Crippen MR) is 82.2 cm³/mol. The molecule has 6 heteroatoms. The molecule has 2 heterocycles. The van der Waals surface area contributed by atoms with Crippen molar-refractivity contribution in [3.05, 3.63) is 65.1 Å². The van der Waals surface area contributed by atoms with Gasteiger partial charge in [-0.1, -0.05) is 29.8 Å². The Labute approximate surface area is 130 Å². The van der Waals surface area contributed by atoms with E-state index in [2.05, 4.69) is 9.97 Å². The van der Waals surface area contributed by atoms with Gasteiger partial charge in [0.2, 0.25) is 5.78 Å². The molecule has 0 saturated heterocycles. The van der Waals surface area contributed by atoms with Gasteiger partial charge in [-0.05, 0) is 18.2 Å². The molecule has 110 valence electrons. The van der Waals surface area contributed by atoms with E-state index in [1.54, 1.807) is 6.20 Å². The smallest absolute Gasteiger partial charge is 0.340 e. The number of nitrogens with zero attached hydrogens (tertiary/aromatic N) is 1. The summed E-state index contributed by atoms with van der Waals surface area (Å²) < 4.78 is 5.02. The largest absolute Gasteiger partial charge is 0.454 e. The number of aromatic amines is 1. The number of ketones is 1. The van der Waals surface area contributed by atoms with E-state index in [1.807, 2.05) is 24.3 Å². The number of fused-ring (bicyclic) bond motifs is 1. The van der Waals surface area contributed by atoms with E-state index in [1.165, 1.54) is 18.3 Å². The maximum Gasteiger partial charge on any atom is 0.340 e. The third kappa shape index (κ3) is 2.84. The predicted octanol–water partition coefficient (Wildman–Crippen LogP) is 3.26. The molecule has 0 bridgehead atoms. The SMILES string of the molecule is O=C(OCC(=O)c1c[nH]c2ccccc12)c1ccc(Cl)nc1. The van der Waals surface area contributed by atoms with E-state index in [9.17, 15) is 9.59 Å². The first kappa shape index (κ1) is 14.3. The van der Waals surface area contributed by atoms with Crippen molar-refractivity contribution < 1.29 is 14.3 Å². The Bertz CT molecular complexity index is 840. The lowest BCUT2D eigenvalue weighted by molar-refractivity contribution is 0.0475. The maximum atomic E-state index is 12.2. The molecule has 1 aromatic carbocycles. The number of carbonyl (C=O) groups excluding carboxylic acids is 2. The molecule has 0 aliphatic rings. The molecule has 0 fully saturated rings. The van der Waals surface area contributed by atoms with Gasteiger partial charge < -0.3 is 9.72 Å². The minimum atomic E-state index is -0.614. The monoisotopic (exact) mass is 314 g/mol. The van der Waals surface area contributed by atoms with Gasteiger partial charge in [0.05, 0.1) is 5.56 Å². The molecule has 0 aliphatic carbocycles. The molecule has 2 aromatic heterocycles. The Morgan fingerprint density at radius 3 is 2.77 bits per heavy atom. The van der Waals surface area contributed by atoms with Crippen molar-refractivity contribution in [1.29, 1.82) is 0 Å². The summed E-state index contributed by atoms with van der Waals surface area (Å²) in [6.07, 6.45) is 2.92. The fraction of sp³-hybridized carbons (Fsp3) is 0.0625. The molecule has 3 aromatic rings. The highest BCUT2D eigenvalue weighted by Gasteiger charge is 2.15. The van der Waals surface area contributed by atoms with Crippen LogP contribution < -0.4 is 0 Å². The summed E-state index contributed by atoms with van der Waals surface area (Å²) in [5, 5.41) is 1.09. The summed E-state index contributed by atoms with van der Waals surface area (Å²) in [6.45, 7) is -0.330. The molecule has 0 saturated carbocycles. The number of carbonyl (C=O) groups is 2. The Hall–Kier alpha value is -2.66. The van der Waals surface area contributed by atoms with Gasteiger partial charge in [-0.2, -0.15) is 0 Å². The van der Waals surface area contributed by atoms with Crippen LogP contribution >= 0.6 is 11.6 Å². The fourth-order valence-corrected chi connectivity index (χ4v) is 2.20. The quantitative estimate of drug-likeness (QED) is 0.456. The van der Waals surface area contributed by atoms with Crippen LogP contribution in [0.2, 0.25) is 5.15 Å². The molecule has 1 N–H and O–H groups in total. The number of H-pyrrole nitrogens is 1. The summed E-state index contributed by atoms with van der Waals surface area (Å²) in [5.74, 6) is -0.884. The molecule has 0 atom stereocenters. The summed E-state index contributed by atoms with van der Waals surface area (Å²) in [5.41, 5.74) is 1.60. The van der Waals surface area contributed by atoms with Gasteiger partial charge in [-0.15, -0.1) is 0 Å². The zero-order chi connectivity index (χ0) is 15.5. The number of halogens is 1. The molecule has 0 amide bonds. The van der Waals surface area contributed by atoms with E-state index in [-0.39, 0.29) is 23.1 Å². The average molecular weight is 315 g/mol. The lowest BCUT2D eigenvalue weighted by atomic mass is 10.1. The summed E-state index contributed by atoms with van der Waals surface area (Å²) >= 11 is 5.65. The van der Waals surface area contributed by atoms with E-state index in [0.29, 0.717) is 5.56 Å². The first-order valence-corrected chi connectivity index (χ1v) is 6.91. The number of ether oxygens (including phenoxy) is 1. The van der Waals surface area contributed by atoms with E-state index in [4.69, 9.17) is 16.3 Å². The highest BCUT2D eigenvalue weighted by molar-refractivity contribution is 6.29. The average Bonchev–Trinajstić information content (AvgIpc) is 2.97. The van der Waals surface area contributed by atoms with Crippen LogP contribution in [0.5, 0.6) is 0 Å². The van der Waals surface area contributed by atoms with Gasteiger partial charge >= 0.3 is 5.97 Å². The minimum Gasteiger partial charge on any atom is -0.454 e. The van der Waals surface area contributed by atoms with Gasteiger partial charge in [0.25, 0.3) is 0 Å². The molecule has 0 aliphatic heterocycles. The fourth-order valence-electron chi connectivity index (χ4n) is 2.09. The molecule has 0 spiro atoms. The zero-order valence-corrected chi connectivity index (χ0v) is 12.1. The Morgan fingerprint density at radius 1 is 1.18 bits per heavy atom. The van der Waals surface area contributed by atoms with E-state index >= 15 is 0 Å². The number of Topliss-reactive ketones (excluding diaryl/α,β-unsaturated/α-hetero) is 1. The Kier molecular flexibility index (Phi) is 3.89. The van der Waals surface area contributed by atoms with Crippen molar-refractivity contribution in [3.63, 3.8) is 0 Å². The second-order valence-corrected chi connectivity index (χ2v) is 5.00. The first-order valence-electron chi connectivity index (χ1n) is 6.53. The number of hydrogen-bond acceptors (Lipinski definition) is 4. The topological polar surface area (TPSA) is 72.1 Å². The number of rotatable bonds is 4. The van der Waals surface area contributed by atoms with Crippen LogP contribution in [-0.4, -0.2) is 28.3 Å². The molecular weight excluding hydrogens is 304 g/mol. The lowest BCUT2D eigenvalue weighted by Gasteiger charge is -2.03. The number of aromatic nitrogens is 2. The number of para-hydroxylation sites is 1. The third-order valence-electron chi connectivity index (χ3n) is 3.19. The van der Waals surface area contributed by atoms with Crippen molar-refractivity contribution in [2.75, 3.05) is 6.61 Å². The van der Waals surface area contributed by atoms with Crippen LogP contribution in [0.3, 0.4) is 0 Å². The minimum absolute atomic E-state index is 0.246. The van der Waals surface area contributed by atoms with Crippen LogP contribution in [0.15, 0.2) is 48.8 Å². The third-order valence-corrected chi connectivity index (χ3v) is 3.41. The number of esters is 1. The van der Waals surface area contributed by atoms with Gasteiger partial charge in [0.1, 0.15) is 5.15 Å². The van der Waals surface area contributed by atoms with Crippen LogP contribution in [0.1, 0.15) is 20.7 Å². The second-order valence-electron chi connectivity index (χ2n) is 4.62. The second kappa shape index (κ2) is 5.99. The molecule has 0 unspecified atom stereocenters. The lowest BCUT2D eigenvalue weighted by Crippen LogP contribution is -2.14. The Morgan fingerprint density at radius 2 is 2.00 bits per heavy atom. The summed E-state index contributed by atoms with van der Waals surface area (Å²) in [4.78, 5) is 30.8. The van der Waals surface area contributed by atoms with Crippen LogP contribution in [-0.2, 0) is 4.74 Å². The van der Waals surface area contributed by atoms with E-state index in [0.717, 1.165) is 10.9 Å². The molecular formula is C16H11ClN2O3. The summed E-state index contributed by atoms with van der Waals surface area (Å²) in [7, 11) is 0. The highest BCUT2D eigenvalue weighted by atomic mass is 35.5. The normalized spacial score (nSPS) is 10.6. The van der Waals surface area contributed by atoms with Gasteiger partial charge in [-0.25, -0.2) is 9.78 Å². The van der Waals surface area contributed by atoms with Crippen LogP contribution in [0.4, 0.5) is 0 Å². The van der Waals surface area contributed by atoms with Crippen LogP contribution in [0, 0.1) is 0 Å².